The maximum atomic E-state index is 12.0. The largest absolute Gasteiger partial charge is 0.412 e. The minimum absolute atomic E-state index is 0.840. The molecule has 0 aromatic carbocycles. The van der Waals surface area contributed by atoms with Crippen LogP contribution in [0, 0.1) is 0 Å². The summed E-state index contributed by atoms with van der Waals surface area (Å²) in [5, 5.41) is 8.23. The van der Waals surface area contributed by atoms with Crippen molar-refractivity contribution in [2.24, 2.45) is 0 Å². The van der Waals surface area contributed by atoms with E-state index in [4.69, 9.17) is 5.21 Å². The number of nitrogens with one attached hydrogen (secondary N) is 1. The van der Waals surface area contributed by atoms with Gasteiger partial charge in [-0.25, -0.2) is 0 Å². The molecule has 5 heteroatoms. The first-order valence-electron chi connectivity index (χ1n) is 2.99. The molecule has 0 aromatic heterocycles. The van der Waals surface area contributed by atoms with Crippen LogP contribution in [0.5, 0.6) is 0 Å². The molecule has 0 aliphatic carbocycles. The summed E-state index contributed by atoms with van der Waals surface area (Å²) in [4.78, 5) is 0. The van der Waals surface area contributed by atoms with Crippen molar-refractivity contribution in [1.29, 1.82) is 0 Å². The predicted molar refractivity (Wildman–Crippen MR) is 34.2 cm³/mol. The monoisotopic (exact) mass is 169 g/mol. The molecule has 0 aliphatic rings. The Kier molecular flexibility index (Phi) is 3.07. The van der Waals surface area contributed by atoms with E-state index in [1.807, 2.05) is 0 Å². The molecular formula is C6H10F3NO. The molecular weight excluding hydrogens is 159 g/mol. The van der Waals surface area contributed by atoms with Crippen LogP contribution >= 0.6 is 0 Å². The minimum Gasteiger partial charge on any atom is -0.316 e. The molecule has 11 heavy (non-hydrogen) atoms. The molecule has 0 saturated carbocycles. The van der Waals surface area contributed by atoms with E-state index in [0.717, 1.165) is 13.0 Å². The fourth-order valence-corrected chi connectivity index (χ4v) is 0.528. The van der Waals surface area contributed by atoms with Crippen LogP contribution in [0.15, 0.2) is 12.2 Å². The SMILES string of the molecule is C/C=C\C(C)(NO)C(F)(F)F. The molecule has 66 valence electrons. The lowest BCUT2D eigenvalue weighted by Crippen LogP contribution is -2.51. The third-order valence-electron chi connectivity index (χ3n) is 1.32. The highest BCUT2D eigenvalue weighted by Gasteiger charge is 2.49. The third kappa shape index (κ3) is 2.20. The summed E-state index contributed by atoms with van der Waals surface area (Å²) < 4.78 is 36.1. The average Bonchev–Trinajstić information content (AvgIpc) is 1.86. The number of halogens is 3. The van der Waals surface area contributed by atoms with Gasteiger partial charge in [-0.3, -0.25) is 0 Å². The second-order valence-electron chi connectivity index (χ2n) is 2.31. The van der Waals surface area contributed by atoms with E-state index in [9.17, 15) is 13.2 Å². The predicted octanol–water partition coefficient (Wildman–Crippen LogP) is 1.86. The first kappa shape index (κ1) is 10.4. The van der Waals surface area contributed by atoms with E-state index >= 15 is 0 Å². The van der Waals surface area contributed by atoms with E-state index in [-0.39, 0.29) is 0 Å². The number of hydrogen-bond donors (Lipinski definition) is 2. The number of rotatable bonds is 2. The fourth-order valence-electron chi connectivity index (χ4n) is 0.528. The number of hydrogen-bond acceptors (Lipinski definition) is 2. The molecule has 0 heterocycles. The van der Waals surface area contributed by atoms with E-state index < -0.39 is 11.7 Å². The van der Waals surface area contributed by atoms with Crippen LogP contribution in [-0.2, 0) is 0 Å². The Bertz CT molecular complexity index is 154. The van der Waals surface area contributed by atoms with Crippen LogP contribution in [0.3, 0.4) is 0 Å². The highest BCUT2D eigenvalue weighted by atomic mass is 19.4. The Balaban J connectivity index is 4.60. The van der Waals surface area contributed by atoms with Gasteiger partial charge in [-0.15, -0.1) is 0 Å². The summed E-state index contributed by atoms with van der Waals surface area (Å²) in [6.45, 7) is 2.29. The van der Waals surface area contributed by atoms with Gasteiger partial charge >= 0.3 is 6.18 Å². The van der Waals surface area contributed by atoms with Gasteiger partial charge in [0, 0.05) is 0 Å². The molecule has 1 unspecified atom stereocenters. The second kappa shape index (κ2) is 3.23. The third-order valence-corrected chi connectivity index (χ3v) is 1.32. The Morgan fingerprint density at radius 1 is 1.36 bits per heavy atom. The van der Waals surface area contributed by atoms with Gasteiger partial charge in [0.25, 0.3) is 0 Å². The van der Waals surface area contributed by atoms with Gasteiger partial charge in [0.05, 0.1) is 0 Å². The summed E-state index contributed by atoms with van der Waals surface area (Å²) in [5.74, 6) is 0. The lowest BCUT2D eigenvalue weighted by atomic mass is 10.0. The van der Waals surface area contributed by atoms with E-state index in [1.54, 1.807) is 0 Å². The first-order chi connectivity index (χ1) is 4.87. The van der Waals surface area contributed by atoms with E-state index in [0.29, 0.717) is 0 Å². The normalized spacial score (nSPS) is 18.7. The van der Waals surface area contributed by atoms with Gasteiger partial charge in [-0.05, 0) is 13.8 Å². The first-order valence-corrected chi connectivity index (χ1v) is 2.99. The summed E-state index contributed by atoms with van der Waals surface area (Å²) in [6.07, 6.45) is -2.43. The van der Waals surface area contributed by atoms with Crippen molar-refractivity contribution in [3.05, 3.63) is 12.2 Å². The van der Waals surface area contributed by atoms with Crippen molar-refractivity contribution >= 4 is 0 Å². The summed E-state index contributed by atoms with van der Waals surface area (Å²) >= 11 is 0. The molecule has 0 bridgehead atoms. The Labute approximate surface area is 62.7 Å². The maximum Gasteiger partial charge on any atom is 0.412 e. The van der Waals surface area contributed by atoms with Gasteiger partial charge in [-0.1, -0.05) is 12.2 Å². The molecule has 0 aliphatic heterocycles. The zero-order chi connectivity index (χ0) is 9.12. The van der Waals surface area contributed by atoms with Crippen molar-refractivity contribution in [2.45, 2.75) is 25.6 Å². The van der Waals surface area contributed by atoms with Crippen molar-refractivity contribution in [2.75, 3.05) is 0 Å². The van der Waals surface area contributed by atoms with Crippen molar-refractivity contribution < 1.29 is 18.4 Å². The topological polar surface area (TPSA) is 32.3 Å². The van der Waals surface area contributed by atoms with Crippen LogP contribution in [0.4, 0.5) is 13.2 Å². The smallest absolute Gasteiger partial charge is 0.316 e. The Hall–Kier alpha value is -0.550. The second-order valence-corrected chi connectivity index (χ2v) is 2.31. The number of allylic oxidation sites excluding steroid dienone is 1. The van der Waals surface area contributed by atoms with Crippen LogP contribution in [0.25, 0.3) is 0 Å². The molecule has 0 fully saturated rings. The van der Waals surface area contributed by atoms with Gasteiger partial charge in [-0.2, -0.15) is 18.7 Å². The summed E-state index contributed by atoms with van der Waals surface area (Å²) in [7, 11) is 0. The van der Waals surface area contributed by atoms with Crippen LogP contribution < -0.4 is 5.48 Å². The quantitative estimate of drug-likeness (QED) is 0.488. The van der Waals surface area contributed by atoms with Gasteiger partial charge in [0.2, 0.25) is 0 Å². The highest BCUT2D eigenvalue weighted by molar-refractivity contribution is 5.06. The van der Waals surface area contributed by atoms with Gasteiger partial charge in [0.15, 0.2) is 5.54 Å². The molecule has 0 aromatic rings. The number of alkyl halides is 3. The molecule has 0 saturated heterocycles. The zero-order valence-electron chi connectivity index (χ0n) is 6.24. The van der Waals surface area contributed by atoms with Gasteiger partial charge in [0.1, 0.15) is 0 Å². The lowest BCUT2D eigenvalue weighted by molar-refractivity contribution is -0.199. The maximum absolute atomic E-state index is 12.0. The van der Waals surface area contributed by atoms with E-state index in [2.05, 4.69) is 0 Å². The molecule has 2 N–H and O–H groups in total. The average molecular weight is 169 g/mol. The Morgan fingerprint density at radius 3 is 1.91 bits per heavy atom. The van der Waals surface area contributed by atoms with Gasteiger partial charge < -0.3 is 5.21 Å². The lowest BCUT2D eigenvalue weighted by Gasteiger charge is -2.26. The van der Waals surface area contributed by atoms with Crippen molar-refractivity contribution in [3.63, 3.8) is 0 Å². The zero-order valence-corrected chi connectivity index (χ0v) is 6.24. The molecule has 2 nitrogen and oxygen atoms in total. The standard InChI is InChI=1S/C6H10F3NO/c1-3-4-5(2,10-11)6(7,8)9/h3-4,10-11H,1-2H3/b4-3-. The molecule has 1 atom stereocenters. The molecule has 0 rings (SSSR count). The summed E-state index contributed by atoms with van der Waals surface area (Å²) in [6, 6.07) is 0. The van der Waals surface area contributed by atoms with Crippen molar-refractivity contribution in [1.82, 2.24) is 5.48 Å². The van der Waals surface area contributed by atoms with Crippen molar-refractivity contribution in [3.8, 4) is 0 Å². The molecule has 0 spiro atoms. The highest BCUT2D eigenvalue weighted by Crippen LogP contribution is 2.30. The minimum atomic E-state index is -4.49. The van der Waals surface area contributed by atoms with E-state index in [1.165, 1.54) is 18.5 Å². The van der Waals surface area contributed by atoms with Crippen LogP contribution in [0.1, 0.15) is 13.8 Å². The summed E-state index contributed by atoms with van der Waals surface area (Å²) in [5.41, 5.74) is -1.14. The molecule has 0 radical (unpaired) electrons. The Morgan fingerprint density at radius 2 is 1.82 bits per heavy atom. The fraction of sp³-hybridized carbons (Fsp3) is 0.667. The van der Waals surface area contributed by atoms with Crippen LogP contribution in [0.2, 0.25) is 0 Å². The van der Waals surface area contributed by atoms with Crippen LogP contribution in [-0.4, -0.2) is 16.9 Å². The molecule has 0 amide bonds. The number of hydroxylamine groups is 1.